The molecule has 0 spiro atoms. The van der Waals surface area contributed by atoms with Crippen molar-refractivity contribution in [1.29, 1.82) is 0 Å². The quantitative estimate of drug-likeness (QED) is 0.335. The molecule has 1 aromatic heterocycles. The van der Waals surface area contributed by atoms with Gasteiger partial charge in [0.05, 0.1) is 5.72 Å². The summed E-state index contributed by atoms with van der Waals surface area (Å²) in [6.07, 6.45) is 1.42. The third-order valence-corrected chi connectivity index (χ3v) is 0.691. The fourth-order valence-corrected chi connectivity index (χ4v) is 0.411. The number of nitrogens with zero attached hydrogens (tertiary/aromatic N) is 3. The van der Waals surface area contributed by atoms with Gasteiger partial charge in [0.15, 0.2) is 7.85 Å². The van der Waals surface area contributed by atoms with Crippen molar-refractivity contribution < 1.29 is 0 Å². The molecule has 1 rings (SSSR count). The average molecular weight is 111 g/mol. The standard InChI is InChI=1S/C2H2BN3S/c3-2-4-1-6(7)5-2/h1,7H. The van der Waals surface area contributed by atoms with Crippen molar-refractivity contribution >= 4 is 26.4 Å². The van der Waals surface area contributed by atoms with E-state index in [2.05, 4.69) is 22.9 Å². The van der Waals surface area contributed by atoms with Crippen LogP contribution in [-0.2, 0) is 0 Å². The summed E-state index contributed by atoms with van der Waals surface area (Å²) in [6.45, 7) is 0. The lowest BCUT2D eigenvalue weighted by atomic mass is 10.1. The SMILES string of the molecule is [B]c1ncn(S)n1. The normalized spacial score (nSPS) is 9.29. The van der Waals surface area contributed by atoms with E-state index in [1.54, 1.807) is 0 Å². The van der Waals surface area contributed by atoms with Crippen molar-refractivity contribution in [2.45, 2.75) is 0 Å². The summed E-state index contributed by atoms with van der Waals surface area (Å²) in [4.78, 5) is 3.57. The summed E-state index contributed by atoms with van der Waals surface area (Å²) in [6, 6.07) is 0. The van der Waals surface area contributed by atoms with Gasteiger partial charge >= 0.3 is 0 Å². The molecule has 34 valence electrons. The van der Waals surface area contributed by atoms with Crippen LogP contribution in [-0.4, -0.2) is 22.0 Å². The molecule has 2 radical (unpaired) electrons. The van der Waals surface area contributed by atoms with Gasteiger partial charge in [0, 0.05) is 0 Å². The van der Waals surface area contributed by atoms with E-state index in [0.29, 0.717) is 0 Å². The zero-order chi connectivity index (χ0) is 5.28. The molecular formula is C2H2BN3S. The van der Waals surface area contributed by atoms with E-state index >= 15 is 0 Å². The Bertz CT molecular complexity index is 145. The molecule has 0 N–H and O–H groups in total. The fourth-order valence-electron chi connectivity index (χ4n) is 0.267. The Labute approximate surface area is 47.7 Å². The molecule has 0 bridgehead atoms. The first-order valence-electron chi connectivity index (χ1n) is 1.65. The van der Waals surface area contributed by atoms with Crippen molar-refractivity contribution in [3.63, 3.8) is 0 Å². The summed E-state index contributed by atoms with van der Waals surface area (Å²) in [5, 5.41) is 3.56. The van der Waals surface area contributed by atoms with E-state index in [1.807, 2.05) is 0 Å². The van der Waals surface area contributed by atoms with Crippen LogP contribution in [0.1, 0.15) is 0 Å². The van der Waals surface area contributed by atoms with Gasteiger partial charge in [0.1, 0.15) is 6.33 Å². The Balaban J connectivity index is 3.04. The second kappa shape index (κ2) is 1.57. The van der Waals surface area contributed by atoms with Crippen LogP contribution >= 0.6 is 12.8 Å². The molecule has 0 aliphatic rings. The van der Waals surface area contributed by atoms with E-state index < -0.39 is 0 Å². The van der Waals surface area contributed by atoms with Crippen LogP contribution in [0.4, 0.5) is 0 Å². The van der Waals surface area contributed by atoms with E-state index in [1.165, 1.54) is 10.4 Å². The highest BCUT2D eigenvalue weighted by atomic mass is 32.1. The molecule has 0 saturated heterocycles. The van der Waals surface area contributed by atoms with Crippen LogP contribution < -0.4 is 5.72 Å². The lowest BCUT2D eigenvalue weighted by Crippen LogP contribution is -2.06. The van der Waals surface area contributed by atoms with Gasteiger partial charge in [-0.05, 0) is 12.8 Å². The minimum Gasteiger partial charge on any atom is -0.231 e. The molecule has 0 saturated carbocycles. The van der Waals surface area contributed by atoms with Crippen LogP contribution in [0.3, 0.4) is 0 Å². The van der Waals surface area contributed by atoms with E-state index in [0.717, 1.165) is 0 Å². The van der Waals surface area contributed by atoms with Crippen molar-refractivity contribution in [2.75, 3.05) is 0 Å². The van der Waals surface area contributed by atoms with Gasteiger partial charge in [0.25, 0.3) is 0 Å². The monoisotopic (exact) mass is 111 g/mol. The summed E-state index contributed by atoms with van der Waals surface area (Å²) in [5.74, 6) is 0. The van der Waals surface area contributed by atoms with Gasteiger partial charge in [0.2, 0.25) is 0 Å². The molecule has 0 unspecified atom stereocenters. The minimum absolute atomic E-state index is 0.245. The van der Waals surface area contributed by atoms with Crippen LogP contribution in [0.25, 0.3) is 0 Å². The lowest BCUT2D eigenvalue weighted by molar-refractivity contribution is 1.03. The Morgan fingerprint density at radius 1 is 1.86 bits per heavy atom. The largest absolute Gasteiger partial charge is 0.231 e. The van der Waals surface area contributed by atoms with Crippen molar-refractivity contribution in [1.82, 2.24) is 14.2 Å². The zero-order valence-corrected chi connectivity index (χ0v) is 4.34. The Hall–Kier alpha value is -0.445. The van der Waals surface area contributed by atoms with Crippen LogP contribution in [0.5, 0.6) is 0 Å². The molecule has 0 aliphatic heterocycles. The van der Waals surface area contributed by atoms with E-state index in [4.69, 9.17) is 7.85 Å². The summed E-state index contributed by atoms with van der Waals surface area (Å²) in [5.41, 5.74) is 0.245. The fraction of sp³-hybridized carbons (Fsp3) is 0. The first-order chi connectivity index (χ1) is 3.29. The smallest absolute Gasteiger partial charge is 0.173 e. The molecule has 7 heavy (non-hydrogen) atoms. The predicted octanol–water partition coefficient (Wildman–Crippen LogP) is -1.24. The Kier molecular flexibility index (Phi) is 1.06. The van der Waals surface area contributed by atoms with Crippen molar-refractivity contribution in [3.05, 3.63) is 6.33 Å². The molecule has 0 aliphatic carbocycles. The molecular weight excluding hydrogens is 109 g/mol. The Morgan fingerprint density at radius 3 is 2.71 bits per heavy atom. The lowest BCUT2D eigenvalue weighted by Gasteiger charge is -1.75. The van der Waals surface area contributed by atoms with Gasteiger partial charge in [-0.2, -0.15) is 9.19 Å². The van der Waals surface area contributed by atoms with Gasteiger partial charge in [-0.15, -0.1) is 0 Å². The van der Waals surface area contributed by atoms with Gasteiger partial charge in [-0.25, -0.2) is 4.98 Å². The molecule has 0 aromatic carbocycles. The third-order valence-electron chi connectivity index (χ3n) is 0.498. The molecule has 1 heterocycles. The highest BCUT2D eigenvalue weighted by Gasteiger charge is 1.84. The second-order valence-corrected chi connectivity index (χ2v) is 1.43. The second-order valence-electron chi connectivity index (χ2n) is 1.02. The third kappa shape index (κ3) is 0.959. The topological polar surface area (TPSA) is 30.7 Å². The molecule has 0 atom stereocenters. The molecule has 0 fully saturated rings. The number of aromatic nitrogens is 3. The van der Waals surface area contributed by atoms with Crippen LogP contribution in [0.2, 0.25) is 0 Å². The van der Waals surface area contributed by atoms with Gasteiger partial charge in [-0.3, -0.25) is 0 Å². The molecule has 0 amide bonds. The van der Waals surface area contributed by atoms with Crippen molar-refractivity contribution in [2.24, 2.45) is 0 Å². The number of hydrogen-bond acceptors (Lipinski definition) is 3. The molecule has 3 nitrogen and oxygen atoms in total. The zero-order valence-electron chi connectivity index (χ0n) is 3.44. The summed E-state index contributed by atoms with van der Waals surface area (Å²) < 4.78 is 1.25. The Morgan fingerprint density at radius 2 is 2.57 bits per heavy atom. The maximum Gasteiger partial charge on any atom is 0.173 e. The molecule has 5 heteroatoms. The number of hydrogen-bond donors (Lipinski definition) is 1. The summed E-state index contributed by atoms with van der Waals surface area (Å²) in [7, 11) is 5.09. The van der Waals surface area contributed by atoms with Gasteiger partial charge in [-0.1, -0.05) is 0 Å². The maximum atomic E-state index is 5.09. The van der Waals surface area contributed by atoms with E-state index in [9.17, 15) is 0 Å². The van der Waals surface area contributed by atoms with Crippen molar-refractivity contribution in [3.8, 4) is 0 Å². The maximum absolute atomic E-state index is 5.09. The van der Waals surface area contributed by atoms with Crippen LogP contribution in [0.15, 0.2) is 6.33 Å². The highest BCUT2D eigenvalue weighted by Crippen LogP contribution is 1.73. The predicted molar refractivity (Wildman–Crippen MR) is 29.8 cm³/mol. The first-order valence-corrected chi connectivity index (χ1v) is 2.05. The average Bonchev–Trinajstić information content (AvgIpc) is 1.87. The first kappa shape index (κ1) is 4.71. The van der Waals surface area contributed by atoms with E-state index in [-0.39, 0.29) is 5.72 Å². The van der Waals surface area contributed by atoms with Crippen LogP contribution in [0, 0.1) is 0 Å². The molecule has 1 aromatic rings. The number of rotatable bonds is 0. The minimum atomic E-state index is 0.245. The number of thiol groups is 1. The van der Waals surface area contributed by atoms with Gasteiger partial charge < -0.3 is 0 Å². The highest BCUT2D eigenvalue weighted by molar-refractivity contribution is 7.78. The summed E-state index contributed by atoms with van der Waals surface area (Å²) >= 11 is 3.77.